The van der Waals surface area contributed by atoms with Crippen LogP contribution in [-0.4, -0.2) is 43.7 Å². The van der Waals surface area contributed by atoms with Gasteiger partial charge in [0.2, 0.25) is 0 Å². The minimum atomic E-state index is -0.0703. The van der Waals surface area contributed by atoms with Crippen LogP contribution in [0.4, 0.5) is 5.69 Å². The number of amides is 1. The molecule has 2 N–H and O–H groups in total. The van der Waals surface area contributed by atoms with Crippen molar-refractivity contribution in [2.45, 2.75) is 19.8 Å². The number of halogens is 1. The summed E-state index contributed by atoms with van der Waals surface area (Å²) < 4.78 is 5.41. The van der Waals surface area contributed by atoms with Crippen molar-refractivity contribution in [2.75, 3.05) is 37.7 Å². The predicted molar refractivity (Wildman–Crippen MR) is 118 cm³/mol. The highest BCUT2D eigenvalue weighted by Crippen LogP contribution is 2.26. The first-order valence-electron chi connectivity index (χ1n) is 10.2. The van der Waals surface area contributed by atoms with E-state index >= 15 is 0 Å². The first kappa shape index (κ1) is 19.8. The third kappa shape index (κ3) is 4.41. The lowest BCUT2D eigenvalue weighted by molar-refractivity contribution is 0.0949. The fourth-order valence-electron chi connectivity index (χ4n) is 3.88. The van der Waals surface area contributed by atoms with Gasteiger partial charge in [0.1, 0.15) is 5.69 Å². The Bertz CT molecular complexity index is 991. The summed E-state index contributed by atoms with van der Waals surface area (Å²) in [5.74, 6) is -0.0703. The Labute approximate surface area is 176 Å². The molecule has 29 heavy (non-hydrogen) atoms. The van der Waals surface area contributed by atoms with E-state index in [-0.39, 0.29) is 5.91 Å². The Balaban J connectivity index is 1.37. The first-order chi connectivity index (χ1) is 14.2. The molecule has 1 aliphatic rings. The van der Waals surface area contributed by atoms with E-state index < -0.39 is 0 Å². The van der Waals surface area contributed by atoms with Crippen LogP contribution in [-0.2, 0) is 17.6 Å². The number of nitrogens with zero attached hydrogens (tertiary/aromatic N) is 1. The molecule has 0 unspecified atom stereocenters. The number of hydrogen-bond donors (Lipinski definition) is 2. The van der Waals surface area contributed by atoms with Crippen LogP contribution in [0.15, 0.2) is 42.5 Å². The zero-order valence-electron chi connectivity index (χ0n) is 16.6. The Kier molecular flexibility index (Phi) is 6.07. The van der Waals surface area contributed by atoms with Crippen LogP contribution in [0.2, 0.25) is 5.02 Å². The number of aromatic amines is 1. The first-order valence-corrected chi connectivity index (χ1v) is 10.5. The molecule has 2 heterocycles. The second-order valence-electron chi connectivity index (χ2n) is 7.29. The summed E-state index contributed by atoms with van der Waals surface area (Å²) in [6.07, 6.45) is 1.56. The van der Waals surface area contributed by atoms with E-state index in [1.165, 1.54) is 11.3 Å². The summed E-state index contributed by atoms with van der Waals surface area (Å²) in [4.78, 5) is 18.3. The molecule has 5 nitrogen and oxygen atoms in total. The third-order valence-corrected chi connectivity index (χ3v) is 5.70. The quantitative estimate of drug-likeness (QED) is 0.639. The molecule has 1 aliphatic heterocycles. The van der Waals surface area contributed by atoms with Gasteiger partial charge in [-0.25, -0.2) is 0 Å². The minimum absolute atomic E-state index is 0.0703. The molecule has 0 aliphatic carbocycles. The van der Waals surface area contributed by atoms with E-state index in [1.54, 1.807) is 0 Å². The van der Waals surface area contributed by atoms with E-state index in [0.717, 1.165) is 55.6 Å². The molecule has 1 amide bonds. The summed E-state index contributed by atoms with van der Waals surface area (Å²) in [6, 6.07) is 14.3. The van der Waals surface area contributed by atoms with E-state index in [0.29, 0.717) is 17.3 Å². The number of anilines is 1. The maximum absolute atomic E-state index is 12.7. The summed E-state index contributed by atoms with van der Waals surface area (Å²) in [6.45, 7) is 6.09. The van der Waals surface area contributed by atoms with Gasteiger partial charge in [0.15, 0.2) is 0 Å². The molecule has 0 spiro atoms. The molecule has 2 aromatic carbocycles. The fourth-order valence-corrected chi connectivity index (χ4v) is 4.06. The molecular weight excluding hydrogens is 386 g/mol. The van der Waals surface area contributed by atoms with Gasteiger partial charge in [0, 0.05) is 41.2 Å². The van der Waals surface area contributed by atoms with Crippen LogP contribution in [0.5, 0.6) is 0 Å². The van der Waals surface area contributed by atoms with Gasteiger partial charge < -0.3 is 19.9 Å². The molecular formula is C23H26ClN3O2. The Hall–Kier alpha value is -2.50. The number of aryl methyl sites for hydroxylation is 1. The normalized spacial score (nSPS) is 14.3. The topological polar surface area (TPSA) is 57.4 Å². The van der Waals surface area contributed by atoms with Gasteiger partial charge in [-0.05, 0) is 54.3 Å². The van der Waals surface area contributed by atoms with Crippen molar-refractivity contribution in [3.63, 3.8) is 0 Å². The van der Waals surface area contributed by atoms with E-state index in [1.807, 2.05) is 18.2 Å². The highest BCUT2D eigenvalue weighted by Gasteiger charge is 2.16. The number of ether oxygens (including phenoxy) is 1. The molecule has 0 bridgehead atoms. The number of nitrogens with one attached hydrogen (secondary N) is 2. The molecule has 0 saturated carbocycles. The van der Waals surface area contributed by atoms with Gasteiger partial charge >= 0.3 is 0 Å². The lowest BCUT2D eigenvalue weighted by Gasteiger charge is -2.28. The van der Waals surface area contributed by atoms with Crippen molar-refractivity contribution in [1.82, 2.24) is 10.3 Å². The monoisotopic (exact) mass is 411 g/mol. The summed E-state index contributed by atoms with van der Waals surface area (Å²) in [5, 5.41) is 4.74. The molecule has 152 valence electrons. The van der Waals surface area contributed by atoms with Crippen LogP contribution in [0.1, 0.15) is 28.5 Å². The number of morpholine rings is 1. The number of hydrogen-bond acceptors (Lipinski definition) is 3. The van der Waals surface area contributed by atoms with Crippen molar-refractivity contribution in [1.29, 1.82) is 0 Å². The predicted octanol–water partition coefficient (Wildman–Crippen LogP) is 4.19. The summed E-state index contributed by atoms with van der Waals surface area (Å²) >= 11 is 6.12. The van der Waals surface area contributed by atoms with Gasteiger partial charge in [0.05, 0.1) is 13.2 Å². The Morgan fingerprint density at radius 3 is 2.66 bits per heavy atom. The highest BCUT2D eigenvalue weighted by atomic mass is 35.5. The Morgan fingerprint density at radius 2 is 1.93 bits per heavy atom. The van der Waals surface area contributed by atoms with Crippen LogP contribution < -0.4 is 10.2 Å². The van der Waals surface area contributed by atoms with Crippen LogP contribution in [0, 0.1) is 0 Å². The Morgan fingerprint density at radius 1 is 1.17 bits per heavy atom. The number of fused-ring (bicyclic) bond motifs is 1. The standard InChI is InChI=1S/C23H26ClN3O2/c1-2-19-20-15-17(24)5-8-21(20)26-22(19)23(28)25-10-9-16-3-6-18(7-4-16)27-11-13-29-14-12-27/h3-8,15,26H,2,9-14H2,1H3,(H,25,28). The fraction of sp³-hybridized carbons (Fsp3) is 0.348. The van der Waals surface area contributed by atoms with Crippen molar-refractivity contribution in [3.05, 3.63) is 64.3 Å². The van der Waals surface area contributed by atoms with Gasteiger partial charge in [-0.2, -0.15) is 0 Å². The molecule has 0 atom stereocenters. The number of carbonyl (C=O) groups excluding carboxylic acids is 1. The molecule has 4 rings (SSSR count). The zero-order valence-corrected chi connectivity index (χ0v) is 17.4. The van der Waals surface area contributed by atoms with Crippen molar-refractivity contribution >= 4 is 34.1 Å². The van der Waals surface area contributed by atoms with Gasteiger partial charge in [0.25, 0.3) is 5.91 Å². The second kappa shape index (κ2) is 8.89. The lowest BCUT2D eigenvalue weighted by atomic mass is 10.1. The smallest absolute Gasteiger partial charge is 0.268 e. The lowest BCUT2D eigenvalue weighted by Crippen LogP contribution is -2.36. The van der Waals surface area contributed by atoms with Crippen molar-refractivity contribution in [2.24, 2.45) is 0 Å². The highest BCUT2D eigenvalue weighted by molar-refractivity contribution is 6.31. The average Bonchev–Trinajstić information content (AvgIpc) is 3.12. The maximum Gasteiger partial charge on any atom is 0.268 e. The zero-order chi connectivity index (χ0) is 20.2. The molecule has 1 fully saturated rings. The minimum Gasteiger partial charge on any atom is -0.378 e. The largest absolute Gasteiger partial charge is 0.378 e. The molecule has 0 radical (unpaired) electrons. The number of carbonyl (C=O) groups is 1. The second-order valence-corrected chi connectivity index (χ2v) is 7.73. The van der Waals surface area contributed by atoms with E-state index in [2.05, 4.69) is 46.4 Å². The van der Waals surface area contributed by atoms with E-state index in [9.17, 15) is 4.79 Å². The van der Waals surface area contributed by atoms with Crippen molar-refractivity contribution in [3.8, 4) is 0 Å². The molecule has 3 aromatic rings. The van der Waals surface area contributed by atoms with Gasteiger partial charge in [-0.3, -0.25) is 4.79 Å². The third-order valence-electron chi connectivity index (χ3n) is 5.46. The van der Waals surface area contributed by atoms with Crippen LogP contribution in [0.3, 0.4) is 0 Å². The van der Waals surface area contributed by atoms with Gasteiger partial charge in [-0.15, -0.1) is 0 Å². The van der Waals surface area contributed by atoms with Gasteiger partial charge in [-0.1, -0.05) is 30.7 Å². The molecule has 6 heteroatoms. The average molecular weight is 412 g/mol. The number of aromatic nitrogens is 1. The van der Waals surface area contributed by atoms with Crippen LogP contribution >= 0.6 is 11.6 Å². The maximum atomic E-state index is 12.7. The summed E-state index contributed by atoms with van der Waals surface area (Å²) in [7, 11) is 0. The number of benzene rings is 2. The van der Waals surface area contributed by atoms with E-state index in [4.69, 9.17) is 16.3 Å². The molecule has 1 saturated heterocycles. The molecule has 1 aromatic heterocycles. The van der Waals surface area contributed by atoms with Crippen molar-refractivity contribution < 1.29 is 9.53 Å². The summed E-state index contributed by atoms with van der Waals surface area (Å²) in [5.41, 5.74) is 5.02. The SMILES string of the molecule is CCc1c(C(=O)NCCc2ccc(N3CCOCC3)cc2)[nH]c2ccc(Cl)cc12. The van der Waals surface area contributed by atoms with Crippen LogP contribution in [0.25, 0.3) is 10.9 Å². The number of rotatable bonds is 6. The number of H-pyrrole nitrogens is 1.